The maximum absolute atomic E-state index is 6.37. The number of nitrogens with one attached hydrogen (secondary N) is 1. The normalized spacial score (nSPS) is 19.9. The molecule has 2 unspecified atom stereocenters. The highest BCUT2D eigenvalue weighted by molar-refractivity contribution is 9.10. The summed E-state index contributed by atoms with van der Waals surface area (Å²) in [6.07, 6.45) is 4.15. The highest BCUT2D eigenvalue weighted by Gasteiger charge is 2.51. The van der Waals surface area contributed by atoms with Gasteiger partial charge in [-0.1, -0.05) is 17.7 Å². The van der Waals surface area contributed by atoms with Crippen LogP contribution in [-0.2, 0) is 6.54 Å². The lowest BCUT2D eigenvalue weighted by atomic mass is 10.1. The number of alkyl halides is 2. The number of allylic oxidation sites excluding steroid dienone is 1. The van der Waals surface area contributed by atoms with Crippen molar-refractivity contribution in [1.82, 2.24) is 30.5 Å². The molecule has 2 atom stereocenters. The highest BCUT2D eigenvalue weighted by atomic mass is 79.9. The highest BCUT2D eigenvalue weighted by Crippen LogP contribution is 2.52. The number of rotatable bonds is 7. The fraction of sp³-hybridized carbons (Fsp3) is 0.429. The van der Waals surface area contributed by atoms with Crippen LogP contribution in [-0.4, -0.2) is 36.1 Å². The Bertz CT molecular complexity index is 750. The summed E-state index contributed by atoms with van der Waals surface area (Å²) in [5.74, 6) is 0.767. The lowest BCUT2D eigenvalue weighted by Gasteiger charge is -2.19. The molecule has 1 N–H and O–H groups in total. The van der Waals surface area contributed by atoms with Gasteiger partial charge in [-0.3, -0.25) is 4.98 Å². The van der Waals surface area contributed by atoms with Crippen LogP contribution in [0.2, 0.25) is 5.02 Å². The summed E-state index contributed by atoms with van der Waals surface area (Å²) in [4.78, 5) is 4.43. The summed E-state index contributed by atoms with van der Waals surface area (Å²) < 4.78 is 1.77. The number of hydrogen-bond acceptors (Lipinski definition) is 5. The molecule has 0 bridgehead atoms. The monoisotopic (exact) mass is 450 g/mol. The lowest BCUT2D eigenvalue weighted by Crippen LogP contribution is -2.29. The van der Waals surface area contributed by atoms with Crippen LogP contribution in [0.4, 0.5) is 0 Å². The van der Waals surface area contributed by atoms with Gasteiger partial charge in [0.25, 0.3) is 0 Å². The minimum atomic E-state index is -0.665. The van der Waals surface area contributed by atoms with Crippen molar-refractivity contribution in [3.63, 3.8) is 0 Å². The SMILES string of the molecule is C=CCn1nnnc1C(NCC1CC1(Cl)Cl)c1ncc(Br)cc1Cl. The van der Waals surface area contributed by atoms with Crippen molar-refractivity contribution in [2.45, 2.75) is 23.3 Å². The molecule has 1 aliphatic carbocycles. The maximum atomic E-state index is 6.37. The van der Waals surface area contributed by atoms with Crippen LogP contribution in [0.3, 0.4) is 0 Å². The van der Waals surface area contributed by atoms with Crippen molar-refractivity contribution in [3.8, 4) is 0 Å². The molecule has 0 saturated heterocycles. The molecule has 128 valence electrons. The largest absolute Gasteiger partial charge is 0.302 e. The van der Waals surface area contributed by atoms with Gasteiger partial charge in [0, 0.05) is 23.1 Å². The molecule has 0 amide bonds. The molecule has 0 radical (unpaired) electrons. The molecule has 24 heavy (non-hydrogen) atoms. The van der Waals surface area contributed by atoms with Gasteiger partial charge in [-0.05, 0) is 38.8 Å². The van der Waals surface area contributed by atoms with Gasteiger partial charge in [0.2, 0.25) is 0 Å². The first-order valence-electron chi connectivity index (χ1n) is 7.21. The Morgan fingerprint density at radius 2 is 2.29 bits per heavy atom. The van der Waals surface area contributed by atoms with Crippen LogP contribution in [0.1, 0.15) is 24.0 Å². The maximum Gasteiger partial charge on any atom is 0.174 e. The van der Waals surface area contributed by atoms with Gasteiger partial charge >= 0.3 is 0 Å². The third-order valence-electron chi connectivity index (χ3n) is 3.75. The van der Waals surface area contributed by atoms with Crippen molar-refractivity contribution >= 4 is 50.7 Å². The Morgan fingerprint density at radius 1 is 1.54 bits per heavy atom. The summed E-state index contributed by atoms with van der Waals surface area (Å²) in [6.45, 7) is 4.80. The van der Waals surface area contributed by atoms with E-state index in [2.05, 4.69) is 48.3 Å². The second-order valence-corrected chi connectivity index (χ2v) is 8.40. The van der Waals surface area contributed by atoms with Crippen LogP contribution in [0.15, 0.2) is 29.4 Å². The number of nitrogens with zero attached hydrogens (tertiary/aromatic N) is 5. The fourth-order valence-electron chi connectivity index (χ4n) is 2.37. The second-order valence-electron chi connectivity index (χ2n) is 5.53. The molecule has 0 aromatic carbocycles. The quantitative estimate of drug-likeness (QED) is 0.514. The predicted molar refractivity (Wildman–Crippen MR) is 97.4 cm³/mol. The zero-order valence-corrected chi connectivity index (χ0v) is 16.3. The third kappa shape index (κ3) is 3.91. The average molecular weight is 453 g/mol. The Kier molecular flexibility index (Phi) is 5.46. The summed E-state index contributed by atoms with van der Waals surface area (Å²) in [5, 5.41) is 15.8. The molecular weight excluding hydrogens is 438 g/mol. The van der Waals surface area contributed by atoms with Crippen molar-refractivity contribution in [3.05, 3.63) is 45.9 Å². The van der Waals surface area contributed by atoms with E-state index in [1.54, 1.807) is 23.0 Å². The molecule has 1 saturated carbocycles. The number of tetrazole rings is 1. The first-order chi connectivity index (χ1) is 11.4. The Labute approximate surface area is 162 Å². The Hall–Kier alpha value is -0.730. The van der Waals surface area contributed by atoms with E-state index in [0.29, 0.717) is 29.6 Å². The van der Waals surface area contributed by atoms with E-state index in [1.165, 1.54) is 0 Å². The van der Waals surface area contributed by atoms with Crippen LogP contribution < -0.4 is 5.32 Å². The molecule has 1 fully saturated rings. The molecule has 10 heteroatoms. The van der Waals surface area contributed by atoms with Crippen LogP contribution >= 0.6 is 50.7 Å². The molecule has 1 aliphatic rings. The molecular formula is C14H14BrCl3N6. The molecule has 0 aliphatic heterocycles. The zero-order chi connectivity index (χ0) is 17.3. The molecule has 0 spiro atoms. The third-order valence-corrected chi connectivity index (χ3v) is 5.42. The standard InChI is InChI=1S/C14H14BrCl3N6/c1-2-3-24-13(21-22-23-24)12(19-6-8-5-14(8,17)18)11-10(16)4-9(15)7-20-11/h2,4,7-8,12,19H,1,3,5-6H2. The van der Waals surface area contributed by atoms with Crippen molar-refractivity contribution in [2.24, 2.45) is 5.92 Å². The van der Waals surface area contributed by atoms with Crippen molar-refractivity contribution < 1.29 is 0 Å². The van der Waals surface area contributed by atoms with Crippen molar-refractivity contribution in [2.75, 3.05) is 6.54 Å². The molecule has 2 heterocycles. The van der Waals surface area contributed by atoms with Gasteiger partial charge in [-0.2, -0.15) is 0 Å². The number of hydrogen-bond donors (Lipinski definition) is 1. The number of aromatic nitrogens is 5. The van der Waals surface area contributed by atoms with Crippen LogP contribution in [0.5, 0.6) is 0 Å². The zero-order valence-electron chi connectivity index (χ0n) is 12.5. The minimum absolute atomic E-state index is 0.168. The Morgan fingerprint density at radius 3 is 2.92 bits per heavy atom. The first kappa shape index (κ1) is 18.1. The van der Waals surface area contributed by atoms with Gasteiger partial charge in [-0.15, -0.1) is 34.9 Å². The second kappa shape index (κ2) is 7.25. The minimum Gasteiger partial charge on any atom is -0.302 e. The van der Waals surface area contributed by atoms with E-state index >= 15 is 0 Å². The summed E-state index contributed by atoms with van der Waals surface area (Å²) in [7, 11) is 0. The fourth-order valence-corrected chi connectivity index (χ4v) is 3.64. The van der Waals surface area contributed by atoms with Gasteiger partial charge in [0.15, 0.2) is 5.82 Å². The molecule has 2 aromatic heterocycles. The molecule has 6 nitrogen and oxygen atoms in total. The van der Waals surface area contributed by atoms with E-state index in [-0.39, 0.29) is 12.0 Å². The van der Waals surface area contributed by atoms with E-state index in [4.69, 9.17) is 34.8 Å². The Balaban J connectivity index is 1.90. The van der Waals surface area contributed by atoms with E-state index in [9.17, 15) is 0 Å². The smallest absolute Gasteiger partial charge is 0.174 e. The van der Waals surface area contributed by atoms with Crippen molar-refractivity contribution in [1.29, 1.82) is 0 Å². The van der Waals surface area contributed by atoms with Crippen LogP contribution in [0, 0.1) is 5.92 Å². The van der Waals surface area contributed by atoms with Gasteiger partial charge in [-0.25, -0.2) is 4.68 Å². The van der Waals surface area contributed by atoms with E-state index < -0.39 is 4.33 Å². The first-order valence-corrected chi connectivity index (χ1v) is 9.14. The number of halogens is 4. The number of pyridine rings is 1. The topological polar surface area (TPSA) is 68.5 Å². The average Bonchev–Trinajstić information content (AvgIpc) is 2.91. The van der Waals surface area contributed by atoms with E-state index in [0.717, 1.165) is 10.9 Å². The summed E-state index contributed by atoms with van der Waals surface area (Å²) in [5.41, 5.74) is 0.635. The predicted octanol–water partition coefficient (Wildman–Crippen LogP) is 3.54. The summed E-state index contributed by atoms with van der Waals surface area (Å²) >= 11 is 22.0. The van der Waals surface area contributed by atoms with Gasteiger partial charge < -0.3 is 5.32 Å². The van der Waals surface area contributed by atoms with Gasteiger partial charge in [0.05, 0.1) is 17.3 Å². The van der Waals surface area contributed by atoms with E-state index in [1.807, 2.05) is 0 Å². The van der Waals surface area contributed by atoms with Crippen LogP contribution in [0.25, 0.3) is 0 Å². The molecule has 2 aromatic rings. The van der Waals surface area contributed by atoms with Gasteiger partial charge in [0.1, 0.15) is 10.4 Å². The summed E-state index contributed by atoms with van der Waals surface area (Å²) in [6, 6.07) is 1.40. The molecule has 3 rings (SSSR count). The lowest BCUT2D eigenvalue weighted by molar-refractivity contribution is 0.507.